The quantitative estimate of drug-likeness (QED) is 0.800. The van der Waals surface area contributed by atoms with Crippen molar-refractivity contribution in [3.63, 3.8) is 0 Å². The highest BCUT2D eigenvalue weighted by atomic mass is 19.1. The van der Waals surface area contributed by atoms with E-state index in [1.165, 1.54) is 6.92 Å². The van der Waals surface area contributed by atoms with E-state index in [1.807, 2.05) is 6.92 Å². The summed E-state index contributed by atoms with van der Waals surface area (Å²) in [5.41, 5.74) is -2.04. The van der Waals surface area contributed by atoms with E-state index in [1.54, 1.807) is 0 Å². The molecular weight excluding hydrogens is 308 g/mol. The van der Waals surface area contributed by atoms with Crippen molar-refractivity contribution in [2.75, 3.05) is 13.1 Å². The van der Waals surface area contributed by atoms with Crippen molar-refractivity contribution in [2.45, 2.75) is 25.8 Å². The number of rotatable bonds is 5. The first-order valence-corrected chi connectivity index (χ1v) is 7.16. The molecule has 2 rings (SSSR count). The maximum atomic E-state index is 14.0. The van der Waals surface area contributed by atoms with Crippen molar-refractivity contribution >= 4 is 17.8 Å². The number of hydrogen-bond acceptors (Lipinski definition) is 3. The smallest absolute Gasteiger partial charge is 0.325 e. The molecule has 0 radical (unpaired) electrons. The Morgan fingerprint density at radius 2 is 2.04 bits per heavy atom. The van der Waals surface area contributed by atoms with Gasteiger partial charge in [-0.05, 0) is 31.5 Å². The summed E-state index contributed by atoms with van der Waals surface area (Å²) >= 11 is 0. The number of benzene rings is 1. The van der Waals surface area contributed by atoms with Gasteiger partial charge in [0.05, 0.1) is 0 Å². The van der Waals surface area contributed by atoms with Gasteiger partial charge in [0.2, 0.25) is 5.91 Å². The van der Waals surface area contributed by atoms with Gasteiger partial charge < -0.3 is 10.6 Å². The van der Waals surface area contributed by atoms with Crippen molar-refractivity contribution in [1.29, 1.82) is 0 Å². The van der Waals surface area contributed by atoms with E-state index in [4.69, 9.17) is 0 Å². The lowest BCUT2D eigenvalue weighted by atomic mass is 9.91. The Labute approximate surface area is 131 Å². The molecule has 0 aliphatic carbocycles. The first-order valence-electron chi connectivity index (χ1n) is 7.16. The number of carbonyl (C=O) groups is 3. The third-order valence-electron chi connectivity index (χ3n) is 3.62. The number of nitrogens with zero attached hydrogens (tertiary/aromatic N) is 1. The van der Waals surface area contributed by atoms with Crippen LogP contribution in [0.5, 0.6) is 0 Å². The molecule has 1 saturated heterocycles. The van der Waals surface area contributed by atoms with E-state index in [2.05, 4.69) is 10.6 Å². The van der Waals surface area contributed by atoms with Gasteiger partial charge in [-0.1, -0.05) is 6.92 Å². The maximum absolute atomic E-state index is 14.0. The molecular formula is C15H17F2N3O3. The first-order chi connectivity index (χ1) is 10.8. The van der Waals surface area contributed by atoms with Gasteiger partial charge in [0.1, 0.15) is 23.7 Å². The van der Waals surface area contributed by atoms with Crippen LogP contribution in [0.15, 0.2) is 18.2 Å². The molecule has 4 amide bonds. The molecule has 23 heavy (non-hydrogen) atoms. The van der Waals surface area contributed by atoms with Crippen molar-refractivity contribution in [3.8, 4) is 0 Å². The molecule has 1 aromatic carbocycles. The lowest BCUT2D eigenvalue weighted by Crippen LogP contribution is -2.43. The lowest BCUT2D eigenvalue weighted by molar-refractivity contribution is -0.134. The van der Waals surface area contributed by atoms with Crippen molar-refractivity contribution in [3.05, 3.63) is 35.4 Å². The highest BCUT2D eigenvalue weighted by Gasteiger charge is 2.50. The van der Waals surface area contributed by atoms with Gasteiger partial charge in [0.25, 0.3) is 5.91 Å². The molecule has 0 saturated carbocycles. The lowest BCUT2D eigenvalue weighted by Gasteiger charge is -2.22. The van der Waals surface area contributed by atoms with Gasteiger partial charge in [0.15, 0.2) is 0 Å². The van der Waals surface area contributed by atoms with Crippen molar-refractivity contribution in [1.82, 2.24) is 15.5 Å². The molecule has 124 valence electrons. The summed E-state index contributed by atoms with van der Waals surface area (Å²) in [6, 6.07) is 1.83. The fourth-order valence-corrected chi connectivity index (χ4v) is 2.37. The van der Waals surface area contributed by atoms with Crippen LogP contribution < -0.4 is 10.6 Å². The van der Waals surface area contributed by atoms with E-state index in [9.17, 15) is 23.2 Å². The molecule has 1 aromatic rings. The molecule has 1 heterocycles. The van der Waals surface area contributed by atoms with Crippen LogP contribution in [-0.4, -0.2) is 35.8 Å². The Hall–Kier alpha value is -2.51. The number of halogens is 2. The number of nitrogens with one attached hydrogen (secondary N) is 2. The molecule has 1 aliphatic heterocycles. The SMILES string of the molecule is CCCNC(=O)CN1C(=O)N[C@@](C)(c2cc(F)ccc2F)C1=O. The number of carbonyl (C=O) groups excluding carboxylic acids is 3. The topological polar surface area (TPSA) is 78.5 Å². The molecule has 8 heteroatoms. The van der Waals surface area contributed by atoms with Crippen LogP contribution in [0.1, 0.15) is 25.8 Å². The van der Waals surface area contributed by atoms with Crippen LogP contribution in [0.4, 0.5) is 13.6 Å². The molecule has 1 aliphatic rings. The third-order valence-corrected chi connectivity index (χ3v) is 3.62. The summed E-state index contributed by atoms with van der Waals surface area (Å²) in [5, 5.41) is 4.87. The Morgan fingerprint density at radius 1 is 1.35 bits per heavy atom. The Morgan fingerprint density at radius 3 is 2.70 bits per heavy atom. The monoisotopic (exact) mass is 325 g/mol. The van der Waals surface area contributed by atoms with Gasteiger partial charge in [-0.15, -0.1) is 0 Å². The minimum Gasteiger partial charge on any atom is -0.355 e. The van der Waals surface area contributed by atoms with E-state index < -0.39 is 41.6 Å². The highest BCUT2D eigenvalue weighted by Crippen LogP contribution is 2.31. The molecule has 1 fully saturated rings. The zero-order valence-electron chi connectivity index (χ0n) is 12.8. The molecule has 0 aromatic heterocycles. The molecule has 0 spiro atoms. The van der Waals surface area contributed by atoms with E-state index >= 15 is 0 Å². The number of hydrogen-bond donors (Lipinski definition) is 2. The summed E-state index contributed by atoms with van der Waals surface area (Å²) in [6.07, 6.45) is 0.706. The average molecular weight is 325 g/mol. The van der Waals surface area contributed by atoms with Crippen molar-refractivity contribution in [2.24, 2.45) is 0 Å². The predicted molar refractivity (Wildman–Crippen MR) is 77.3 cm³/mol. The molecule has 0 bridgehead atoms. The summed E-state index contributed by atoms with van der Waals surface area (Å²) in [5.74, 6) is -2.86. The molecule has 1 atom stereocenters. The van der Waals surface area contributed by atoms with Crippen LogP contribution in [0, 0.1) is 11.6 Å². The Balaban J connectivity index is 2.26. The van der Waals surface area contributed by atoms with Gasteiger partial charge >= 0.3 is 6.03 Å². The van der Waals surface area contributed by atoms with Gasteiger partial charge in [-0.25, -0.2) is 13.6 Å². The average Bonchev–Trinajstić information content (AvgIpc) is 2.72. The van der Waals surface area contributed by atoms with Crippen LogP contribution in [-0.2, 0) is 15.1 Å². The van der Waals surface area contributed by atoms with E-state index in [0.29, 0.717) is 17.9 Å². The summed E-state index contributed by atoms with van der Waals surface area (Å²) < 4.78 is 27.3. The second-order valence-electron chi connectivity index (χ2n) is 5.42. The highest BCUT2D eigenvalue weighted by molar-refractivity contribution is 6.09. The number of amides is 4. The number of imide groups is 1. The van der Waals surface area contributed by atoms with Gasteiger partial charge in [-0.2, -0.15) is 0 Å². The molecule has 6 nitrogen and oxygen atoms in total. The largest absolute Gasteiger partial charge is 0.355 e. The Kier molecular flexibility index (Phi) is 4.63. The maximum Gasteiger partial charge on any atom is 0.325 e. The van der Waals surface area contributed by atoms with Gasteiger partial charge in [0, 0.05) is 12.1 Å². The van der Waals surface area contributed by atoms with E-state index in [0.717, 1.165) is 18.2 Å². The standard InChI is InChI=1S/C15H17F2N3O3/c1-3-6-18-12(21)8-20-13(22)15(2,19-14(20)23)10-7-9(16)4-5-11(10)17/h4-5,7H,3,6,8H2,1-2H3,(H,18,21)(H,19,23)/t15-/m0/s1. The van der Waals surface area contributed by atoms with Crippen molar-refractivity contribution < 1.29 is 23.2 Å². The van der Waals surface area contributed by atoms with Crippen LogP contribution in [0.3, 0.4) is 0 Å². The first kappa shape index (κ1) is 16.9. The van der Waals surface area contributed by atoms with Crippen LogP contribution in [0.25, 0.3) is 0 Å². The van der Waals surface area contributed by atoms with Crippen LogP contribution in [0.2, 0.25) is 0 Å². The van der Waals surface area contributed by atoms with E-state index in [-0.39, 0.29) is 5.56 Å². The third kappa shape index (κ3) is 3.15. The zero-order chi connectivity index (χ0) is 17.2. The summed E-state index contributed by atoms with van der Waals surface area (Å²) in [7, 11) is 0. The zero-order valence-corrected chi connectivity index (χ0v) is 12.8. The minimum atomic E-state index is -1.76. The fourth-order valence-electron chi connectivity index (χ4n) is 2.37. The Bertz CT molecular complexity index is 665. The van der Waals surface area contributed by atoms with Gasteiger partial charge in [-0.3, -0.25) is 14.5 Å². The molecule has 0 unspecified atom stereocenters. The minimum absolute atomic E-state index is 0.285. The van der Waals surface area contributed by atoms with Crippen LogP contribution >= 0.6 is 0 Å². The second-order valence-corrected chi connectivity index (χ2v) is 5.42. The normalized spacial score (nSPS) is 20.6. The second kappa shape index (κ2) is 6.31. The summed E-state index contributed by atoms with van der Waals surface area (Å²) in [6.45, 7) is 3.07. The molecule has 2 N–H and O–H groups in total. The summed E-state index contributed by atoms with van der Waals surface area (Å²) in [4.78, 5) is 36.8. The predicted octanol–water partition coefficient (Wildman–Crippen LogP) is 1.26. The number of urea groups is 1. The fraction of sp³-hybridized carbons (Fsp3) is 0.400.